The van der Waals surface area contributed by atoms with Crippen LogP contribution in [0.25, 0.3) is 0 Å². The van der Waals surface area contributed by atoms with Crippen LogP contribution in [0.1, 0.15) is 54.9 Å². The van der Waals surface area contributed by atoms with Crippen molar-refractivity contribution in [2.45, 2.75) is 85.2 Å². The molecule has 0 aromatic rings. The molecule has 0 aliphatic carbocycles. The minimum atomic E-state index is -1.47. The van der Waals surface area contributed by atoms with E-state index in [1.165, 1.54) is 13.8 Å². The third-order valence-corrected chi connectivity index (χ3v) is 6.59. The molecule has 14 heteroatoms. The van der Waals surface area contributed by atoms with E-state index in [-0.39, 0.29) is 35.2 Å². The average Bonchev–Trinajstić information content (AvgIpc) is 2.78. The van der Waals surface area contributed by atoms with Gasteiger partial charge >= 0.3 is 0 Å². The van der Waals surface area contributed by atoms with Gasteiger partial charge < -0.3 is 37.8 Å². The zero-order valence-corrected chi connectivity index (χ0v) is 24.0. The lowest BCUT2D eigenvalue weighted by Crippen LogP contribution is -2.61. The zero-order valence-electron chi connectivity index (χ0n) is 23.2. The number of hydrogen-bond donors (Lipinski definition) is 7. The van der Waals surface area contributed by atoms with Crippen LogP contribution in [0.5, 0.6) is 0 Å². The van der Waals surface area contributed by atoms with E-state index in [2.05, 4.69) is 21.3 Å². The van der Waals surface area contributed by atoms with Crippen molar-refractivity contribution >= 4 is 47.2 Å². The number of thioether (sulfide) groups is 1. The second-order valence-electron chi connectivity index (χ2n) is 10.2. The van der Waals surface area contributed by atoms with E-state index in [4.69, 9.17) is 11.5 Å². The van der Waals surface area contributed by atoms with Crippen molar-refractivity contribution in [3.63, 3.8) is 0 Å². The summed E-state index contributed by atoms with van der Waals surface area (Å²) in [7, 11) is 0. The van der Waals surface area contributed by atoms with Crippen molar-refractivity contribution in [1.82, 2.24) is 21.3 Å². The first-order valence-corrected chi connectivity index (χ1v) is 13.7. The summed E-state index contributed by atoms with van der Waals surface area (Å²) in [5.41, 5.74) is 10.3. The maximum absolute atomic E-state index is 13.1. The Morgan fingerprint density at radius 3 is 1.71 bits per heavy atom. The van der Waals surface area contributed by atoms with Crippen LogP contribution in [-0.2, 0) is 28.8 Å². The number of primary amides is 2. The van der Waals surface area contributed by atoms with Gasteiger partial charge in [-0.05, 0) is 32.1 Å². The van der Waals surface area contributed by atoms with Gasteiger partial charge in [-0.1, -0.05) is 34.6 Å². The zero-order chi connectivity index (χ0) is 29.7. The van der Waals surface area contributed by atoms with Crippen LogP contribution in [-0.4, -0.2) is 82.3 Å². The Balaban J connectivity index is 5.63. The number of carbonyl (C=O) groups is 6. The van der Waals surface area contributed by atoms with Crippen LogP contribution in [0.2, 0.25) is 0 Å². The number of amides is 6. The molecule has 0 bridgehead atoms. The number of nitrogens with one attached hydrogen (secondary N) is 4. The highest BCUT2D eigenvalue weighted by Gasteiger charge is 2.34. The molecule has 38 heavy (non-hydrogen) atoms. The fraction of sp³-hybridized carbons (Fsp3) is 0.750. The number of nitrogens with two attached hydrogens (primary N) is 2. The van der Waals surface area contributed by atoms with Gasteiger partial charge in [-0.2, -0.15) is 0 Å². The highest BCUT2D eigenvalue weighted by atomic mass is 32.2. The van der Waals surface area contributed by atoms with Gasteiger partial charge in [0.2, 0.25) is 35.4 Å². The molecule has 0 fully saturated rings. The first-order chi connectivity index (χ1) is 17.5. The Morgan fingerprint density at radius 2 is 1.26 bits per heavy atom. The lowest BCUT2D eigenvalue weighted by molar-refractivity contribution is -0.136. The molecule has 6 amide bonds. The average molecular weight is 561 g/mol. The molecule has 13 nitrogen and oxygen atoms in total. The van der Waals surface area contributed by atoms with Crippen LogP contribution in [0.4, 0.5) is 0 Å². The van der Waals surface area contributed by atoms with E-state index in [1.807, 2.05) is 13.8 Å². The lowest BCUT2D eigenvalue weighted by Gasteiger charge is -2.28. The van der Waals surface area contributed by atoms with Crippen LogP contribution in [0.3, 0.4) is 0 Å². The molecule has 6 atom stereocenters. The predicted molar refractivity (Wildman–Crippen MR) is 144 cm³/mol. The van der Waals surface area contributed by atoms with E-state index in [1.54, 1.807) is 20.8 Å². The first kappa shape index (κ1) is 35.1. The van der Waals surface area contributed by atoms with Crippen molar-refractivity contribution in [3.05, 3.63) is 0 Å². The predicted octanol–water partition coefficient (Wildman–Crippen LogP) is -1.63. The van der Waals surface area contributed by atoms with Crippen LogP contribution < -0.4 is 32.7 Å². The quantitative estimate of drug-likeness (QED) is 0.109. The van der Waals surface area contributed by atoms with Crippen molar-refractivity contribution in [2.75, 3.05) is 11.5 Å². The summed E-state index contributed by atoms with van der Waals surface area (Å²) < 4.78 is 0. The monoisotopic (exact) mass is 560 g/mol. The summed E-state index contributed by atoms with van der Waals surface area (Å²) >= 11 is 0.968. The van der Waals surface area contributed by atoms with Crippen LogP contribution >= 0.6 is 11.8 Å². The molecule has 0 aliphatic heterocycles. The SMILES string of the molecule is CC(C)C[C@H](C)C(=O)N[C@H](C(=O)N[C@H](C(=O)N[C@@H](CSCC(N)=O)C(=O)N[C@@H](C)C(N)=O)[C@@H](C)O)C(C)C. The minimum absolute atomic E-state index is 0.0924. The van der Waals surface area contributed by atoms with Gasteiger partial charge in [-0.3, -0.25) is 28.8 Å². The van der Waals surface area contributed by atoms with Gasteiger partial charge in [-0.15, -0.1) is 11.8 Å². The van der Waals surface area contributed by atoms with E-state index in [0.717, 1.165) is 11.8 Å². The number of aliphatic hydroxyl groups excluding tert-OH is 1. The van der Waals surface area contributed by atoms with Crippen molar-refractivity contribution in [1.29, 1.82) is 0 Å². The Morgan fingerprint density at radius 1 is 0.737 bits per heavy atom. The topological polar surface area (TPSA) is 223 Å². The number of hydrogen-bond acceptors (Lipinski definition) is 8. The highest BCUT2D eigenvalue weighted by molar-refractivity contribution is 8.00. The summed E-state index contributed by atoms with van der Waals surface area (Å²) in [5, 5.41) is 20.2. The molecule has 218 valence electrons. The summed E-state index contributed by atoms with van der Waals surface area (Å²) in [6.45, 7) is 11.8. The molecule has 9 N–H and O–H groups in total. The van der Waals surface area contributed by atoms with Crippen molar-refractivity contribution < 1.29 is 33.9 Å². The fourth-order valence-corrected chi connectivity index (χ4v) is 4.19. The number of carbonyl (C=O) groups excluding carboxylic acids is 6. The summed E-state index contributed by atoms with van der Waals surface area (Å²) in [6.07, 6.45) is -0.739. The standard InChI is InChI=1S/C24H44N6O7S/c1-11(2)8-13(5)21(34)29-18(12(3)4)23(36)30-19(15(7)31)24(37)28-16(9-38-10-17(25)32)22(35)27-14(6)20(26)33/h11-16,18-19,31H,8-10H2,1-7H3,(H2,25,32)(H2,26,33)(H,27,35)(H,28,37)(H,29,34)(H,30,36)/t13-,14-,15+,16-,18-,19-/m0/s1. The van der Waals surface area contributed by atoms with Gasteiger partial charge in [0.05, 0.1) is 11.9 Å². The Labute approximate surface area is 228 Å². The van der Waals surface area contributed by atoms with Crippen LogP contribution in [0, 0.1) is 17.8 Å². The molecule has 0 spiro atoms. The number of aliphatic hydroxyl groups is 1. The summed E-state index contributed by atoms with van der Waals surface area (Å²) in [4.78, 5) is 73.8. The molecule has 0 saturated carbocycles. The van der Waals surface area contributed by atoms with Crippen LogP contribution in [0.15, 0.2) is 0 Å². The first-order valence-electron chi connectivity index (χ1n) is 12.5. The van der Waals surface area contributed by atoms with Gasteiger partial charge in [0, 0.05) is 11.7 Å². The molecular weight excluding hydrogens is 516 g/mol. The van der Waals surface area contributed by atoms with Gasteiger partial charge in [0.1, 0.15) is 24.2 Å². The molecule has 0 aromatic carbocycles. The molecule has 0 heterocycles. The van der Waals surface area contributed by atoms with E-state index >= 15 is 0 Å². The Kier molecular flexibility index (Phi) is 15.6. The second kappa shape index (κ2) is 16.9. The molecule has 0 unspecified atom stereocenters. The molecule has 0 aromatic heterocycles. The molecule has 0 saturated heterocycles. The smallest absolute Gasteiger partial charge is 0.245 e. The Bertz CT molecular complexity index is 852. The third kappa shape index (κ3) is 13.1. The van der Waals surface area contributed by atoms with Crippen molar-refractivity contribution in [2.24, 2.45) is 29.2 Å². The molecule has 0 radical (unpaired) electrons. The highest BCUT2D eigenvalue weighted by Crippen LogP contribution is 2.13. The number of rotatable bonds is 17. The summed E-state index contributed by atoms with van der Waals surface area (Å²) in [5.74, 6) is -4.68. The van der Waals surface area contributed by atoms with E-state index in [0.29, 0.717) is 6.42 Å². The van der Waals surface area contributed by atoms with Crippen molar-refractivity contribution in [3.8, 4) is 0 Å². The second-order valence-corrected chi connectivity index (χ2v) is 11.2. The van der Waals surface area contributed by atoms with Gasteiger partial charge in [0.25, 0.3) is 0 Å². The largest absolute Gasteiger partial charge is 0.391 e. The summed E-state index contributed by atoms with van der Waals surface area (Å²) in [6, 6.07) is -4.74. The Hall–Kier alpha value is -2.87. The fourth-order valence-electron chi connectivity index (χ4n) is 3.40. The third-order valence-electron chi connectivity index (χ3n) is 5.53. The van der Waals surface area contributed by atoms with E-state index < -0.39 is 59.8 Å². The normalized spacial score (nSPS) is 15.9. The molecule has 0 aliphatic rings. The maximum atomic E-state index is 13.1. The lowest BCUT2D eigenvalue weighted by atomic mass is 9.96. The van der Waals surface area contributed by atoms with Gasteiger partial charge in [-0.25, -0.2) is 0 Å². The maximum Gasteiger partial charge on any atom is 0.245 e. The molecule has 0 rings (SSSR count). The minimum Gasteiger partial charge on any atom is -0.391 e. The van der Waals surface area contributed by atoms with Gasteiger partial charge in [0.15, 0.2) is 0 Å². The van der Waals surface area contributed by atoms with E-state index in [9.17, 15) is 33.9 Å². The molecular formula is C24H44N6O7S.